The van der Waals surface area contributed by atoms with Crippen molar-refractivity contribution in [2.24, 2.45) is 0 Å². The minimum Gasteiger partial charge on any atom is -0.359 e. The molecule has 0 saturated carbocycles. The Bertz CT molecular complexity index is 242. The van der Waals surface area contributed by atoms with Crippen LogP contribution in [-0.2, 0) is 0 Å². The first-order chi connectivity index (χ1) is 4.74. The van der Waals surface area contributed by atoms with Crippen LogP contribution in [0, 0.1) is 6.92 Å². The van der Waals surface area contributed by atoms with E-state index in [4.69, 9.17) is 0 Å². The number of Topliss-reactive ketones (excluding diaryl/α,β-unsaturated/α-hetero) is 1. The summed E-state index contributed by atoms with van der Waals surface area (Å²) in [5, 5.41) is 0. The van der Waals surface area contributed by atoms with Crippen molar-refractivity contribution in [1.29, 1.82) is 0 Å². The topological polar surface area (TPSA) is 32.9 Å². The van der Waals surface area contributed by atoms with Crippen molar-refractivity contribution in [3.8, 4) is 0 Å². The van der Waals surface area contributed by atoms with Gasteiger partial charge in [0.25, 0.3) is 0 Å². The minimum atomic E-state index is 0. The summed E-state index contributed by atoms with van der Waals surface area (Å²) < 4.78 is 0. The number of aryl methyl sites for hydroxylation is 1. The van der Waals surface area contributed by atoms with Gasteiger partial charge in [-0.1, -0.05) is 6.92 Å². The summed E-state index contributed by atoms with van der Waals surface area (Å²) in [6.45, 7) is 3.82. The van der Waals surface area contributed by atoms with Crippen LogP contribution in [0.1, 0.15) is 30.8 Å². The molecule has 0 aliphatic carbocycles. The van der Waals surface area contributed by atoms with Gasteiger partial charge in [-0.05, 0) is 18.6 Å². The molecule has 0 fully saturated rings. The van der Waals surface area contributed by atoms with Crippen LogP contribution < -0.4 is 0 Å². The van der Waals surface area contributed by atoms with Crippen molar-refractivity contribution in [1.82, 2.24) is 4.98 Å². The van der Waals surface area contributed by atoms with Crippen molar-refractivity contribution < 1.29 is 6.22 Å². The van der Waals surface area contributed by atoms with Gasteiger partial charge in [0.15, 0.2) is 5.78 Å². The van der Waals surface area contributed by atoms with Crippen molar-refractivity contribution in [2.75, 3.05) is 0 Å². The lowest BCUT2D eigenvalue weighted by Crippen LogP contribution is -1.95. The van der Waals surface area contributed by atoms with Gasteiger partial charge in [-0.3, -0.25) is 4.79 Å². The van der Waals surface area contributed by atoms with Gasteiger partial charge in [-0.15, -0.1) is 0 Å². The molecular weight excluding hydrogens is 126 g/mol. The molecule has 2 nitrogen and oxygen atoms in total. The van der Waals surface area contributed by atoms with E-state index in [9.17, 15) is 4.79 Å². The van der Waals surface area contributed by atoms with Gasteiger partial charge in [0.2, 0.25) is 0 Å². The van der Waals surface area contributed by atoms with Gasteiger partial charge in [-0.2, -0.15) is 0 Å². The van der Waals surface area contributed by atoms with Crippen LogP contribution in [0.4, 0.5) is 0 Å². The largest absolute Gasteiger partial charge is 0.359 e. The third-order valence-corrected chi connectivity index (χ3v) is 1.45. The maximum atomic E-state index is 11.0. The molecule has 0 aliphatic heterocycles. The molecular formula is C8H13NO. The second-order valence-electron chi connectivity index (χ2n) is 2.37. The SMILES string of the molecule is CCC(=O)c1cc(C)c[nH]1.[HH]. The van der Waals surface area contributed by atoms with Crippen molar-refractivity contribution in [2.45, 2.75) is 20.3 Å². The highest BCUT2D eigenvalue weighted by molar-refractivity contribution is 5.94. The number of aromatic amines is 1. The molecule has 2 heteroatoms. The van der Waals surface area contributed by atoms with Gasteiger partial charge < -0.3 is 4.98 Å². The highest BCUT2D eigenvalue weighted by atomic mass is 16.1. The molecule has 0 spiro atoms. The molecule has 1 N–H and O–H groups in total. The Balaban J connectivity index is 0.000001000. The molecule has 0 saturated heterocycles. The number of ketones is 1. The smallest absolute Gasteiger partial charge is 0.178 e. The number of rotatable bonds is 2. The molecule has 0 amide bonds. The summed E-state index contributed by atoms with van der Waals surface area (Å²) in [5.41, 5.74) is 1.83. The zero-order valence-electron chi connectivity index (χ0n) is 6.27. The Morgan fingerprint density at radius 3 is 2.90 bits per heavy atom. The quantitative estimate of drug-likeness (QED) is 0.626. The second kappa shape index (κ2) is 2.69. The fraction of sp³-hybridized carbons (Fsp3) is 0.375. The molecule has 0 aliphatic rings. The van der Waals surface area contributed by atoms with E-state index < -0.39 is 0 Å². The molecule has 0 bridgehead atoms. The van der Waals surface area contributed by atoms with Crippen molar-refractivity contribution in [3.63, 3.8) is 0 Å². The summed E-state index contributed by atoms with van der Waals surface area (Å²) in [6.07, 6.45) is 2.41. The van der Waals surface area contributed by atoms with Crippen LogP contribution >= 0.6 is 0 Å². The molecule has 1 rings (SSSR count). The van der Waals surface area contributed by atoms with E-state index in [0.29, 0.717) is 6.42 Å². The number of hydrogen-bond donors (Lipinski definition) is 1. The number of carbonyl (C=O) groups excluding carboxylic acids is 1. The molecule has 0 aromatic carbocycles. The van der Waals surface area contributed by atoms with Crippen molar-refractivity contribution in [3.05, 3.63) is 23.5 Å². The standard InChI is InChI=1S/C8H11NO.H2/c1-3-8(10)7-4-6(2)5-9-7;/h4-5,9H,3H2,1-2H3;1H. The van der Waals surface area contributed by atoms with Crippen LogP contribution in [0.2, 0.25) is 0 Å². The van der Waals surface area contributed by atoms with E-state index in [1.165, 1.54) is 0 Å². The van der Waals surface area contributed by atoms with Crippen LogP contribution in [0.5, 0.6) is 0 Å². The Kier molecular flexibility index (Phi) is 1.90. The molecule has 1 heterocycles. The fourth-order valence-corrected chi connectivity index (χ4v) is 0.854. The third kappa shape index (κ3) is 1.26. The first kappa shape index (κ1) is 7.06. The zero-order valence-corrected chi connectivity index (χ0v) is 6.27. The molecule has 0 unspecified atom stereocenters. The van der Waals surface area contributed by atoms with Crippen LogP contribution in [-0.4, -0.2) is 10.8 Å². The molecule has 10 heavy (non-hydrogen) atoms. The molecule has 1 aromatic heterocycles. The molecule has 1 aromatic rings. The van der Waals surface area contributed by atoms with Gasteiger partial charge >= 0.3 is 0 Å². The lowest BCUT2D eigenvalue weighted by atomic mass is 10.2. The van der Waals surface area contributed by atoms with Gasteiger partial charge in [0.05, 0.1) is 5.69 Å². The Morgan fingerprint density at radius 2 is 2.50 bits per heavy atom. The number of hydrogen-bond acceptors (Lipinski definition) is 1. The van der Waals surface area contributed by atoms with E-state index in [2.05, 4.69) is 4.98 Å². The second-order valence-corrected chi connectivity index (χ2v) is 2.37. The highest BCUT2D eigenvalue weighted by Crippen LogP contribution is 2.03. The maximum absolute atomic E-state index is 11.0. The van der Waals surface area contributed by atoms with Crippen LogP contribution in [0.15, 0.2) is 12.3 Å². The average molecular weight is 139 g/mol. The maximum Gasteiger partial charge on any atom is 0.178 e. The highest BCUT2D eigenvalue weighted by Gasteiger charge is 2.02. The number of aromatic nitrogens is 1. The van der Waals surface area contributed by atoms with Gasteiger partial charge in [0, 0.05) is 14.0 Å². The Morgan fingerprint density at radius 1 is 1.80 bits per heavy atom. The minimum absolute atomic E-state index is 0. The van der Waals surface area contributed by atoms with E-state index in [0.717, 1.165) is 11.3 Å². The molecule has 0 atom stereocenters. The summed E-state index contributed by atoms with van der Waals surface area (Å²) in [4.78, 5) is 13.9. The first-order valence-electron chi connectivity index (χ1n) is 3.42. The van der Waals surface area contributed by atoms with E-state index in [-0.39, 0.29) is 7.21 Å². The summed E-state index contributed by atoms with van der Waals surface area (Å²) >= 11 is 0. The van der Waals surface area contributed by atoms with E-state index in [1.54, 1.807) is 0 Å². The number of carbonyl (C=O) groups is 1. The van der Waals surface area contributed by atoms with Crippen LogP contribution in [0.25, 0.3) is 0 Å². The summed E-state index contributed by atoms with van der Waals surface area (Å²) in [7, 11) is 0. The zero-order chi connectivity index (χ0) is 7.56. The number of nitrogens with one attached hydrogen (secondary N) is 1. The Labute approximate surface area is 61.7 Å². The number of H-pyrrole nitrogens is 1. The lowest BCUT2D eigenvalue weighted by molar-refractivity contribution is 0.0984. The van der Waals surface area contributed by atoms with Gasteiger partial charge in [-0.25, -0.2) is 0 Å². The average Bonchev–Trinajstić information content (AvgIpc) is 2.34. The third-order valence-electron chi connectivity index (χ3n) is 1.45. The monoisotopic (exact) mass is 139 g/mol. The lowest BCUT2D eigenvalue weighted by Gasteiger charge is -1.88. The summed E-state index contributed by atoms with van der Waals surface area (Å²) in [6, 6.07) is 1.87. The molecule has 0 radical (unpaired) electrons. The normalized spacial score (nSPS) is 9.80. The predicted octanol–water partition coefficient (Wildman–Crippen LogP) is 2.16. The van der Waals surface area contributed by atoms with Crippen LogP contribution in [0.3, 0.4) is 0 Å². The Hall–Kier alpha value is -1.05. The predicted molar refractivity (Wildman–Crippen MR) is 42.3 cm³/mol. The fourth-order valence-electron chi connectivity index (χ4n) is 0.854. The first-order valence-corrected chi connectivity index (χ1v) is 3.42. The van der Waals surface area contributed by atoms with E-state index in [1.807, 2.05) is 26.1 Å². The molecule has 56 valence electrons. The summed E-state index contributed by atoms with van der Waals surface area (Å²) in [5.74, 6) is 0.174. The van der Waals surface area contributed by atoms with E-state index >= 15 is 0 Å². The van der Waals surface area contributed by atoms with Crippen molar-refractivity contribution >= 4 is 5.78 Å². The van der Waals surface area contributed by atoms with Gasteiger partial charge in [0.1, 0.15) is 0 Å².